The van der Waals surface area contributed by atoms with E-state index in [0.717, 1.165) is 11.1 Å². The average Bonchev–Trinajstić information content (AvgIpc) is 2.62. The number of carbonyl (C=O) groups excluding carboxylic acids is 1. The Labute approximate surface area is 158 Å². The van der Waals surface area contributed by atoms with E-state index in [4.69, 9.17) is 16.3 Å². The smallest absolute Gasteiger partial charge is 0.266 e. The molecule has 0 radical (unpaired) electrons. The second kappa shape index (κ2) is 8.89. The summed E-state index contributed by atoms with van der Waals surface area (Å²) in [6.07, 6.45) is 3.07. The number of hydrogen-bond donors (Lipinski definition) is 1. The number of amides is 1. The lowest BCUT2D eigenvalue weighted by molar-refractivity contribution is -0.112. The number of nitrogens with one attached hydrogen (secondary N) is 1. The predicted octanol–water partition coefficient (Wildman–Crippen LogP) is 5.07. The first kappa shape index (κ1) is 19.3. The molecule has 132 valence electrons. The highest BCUT2D eigenvalue weighted by atomic mass is 35.5. The number of nitrogens with zero attached hydrogens (tertiary/aromatic N) is 1. The Hall–Kier alpha value is -3.03. The van der Waals surface area contributed by atoms with E-state index in [9.17, 15) is 10.1 Å². The van der Waals surface area contributed by atoms with Crippen LogP contribution in [0.1, 0.15) is 16.7 Å². The minimum Gasteiger partial charge on any atom is -0.489 e. The molecule has 0 aromatic heterocycles. The van der Waals surface area contributed by atoms with E-state index in [1.165, 1.54) is 6.08 Å². The quantitative estimate of drug-likeness (QED) is 0.441. The van der Waals surface area contributed by atoms with Crippen LogP contribution in [-0.2, 0) is 4.79 Å². The first-order chi connectivity index (χ1) is 12.5. The summed E-state index contributed by atoms with van der Waals surface area (Å²) >= 11 is 6.04. The molecular formula is C21H19ClN2O2. The maximum absolute atomic E-state index is 12.5. The molecular weight excluding hydrogens is 348 g/mol. The minimum absolute atomic E-state index is 0.0448. The summed E-state index contributed by atoms with van der Waals surface area (Å²) in [5, 5.41) is 12.7. The van der Waals surface area contributed by atoms with Crippen molar-refractivity contribution >= 4 is 29.3 Å². The van der Waals surface area contributed by atoms with Crippen molar-refractivity contribution in [3.63, 3.8) is 0 Å². The number of anilines is 1. The van der Waals surface area contributed by atoms with Crippen LogP contribution in [0, 0.1) is 25.2 Å². The third kappa shape index (κ3) is 4.75. The van der Waals surface area contributed by atoms with Gasteiger partial charge in [-0.2, -0.15) is 5.26 Å². The molecule has 0 saturated heterocycles. The van der Waals surface area contributed by atoms with Crippen LogP contribution in [0.3, 0.4) is 0 Å². The third-order valence-electron chi connectivity index (χ3n) is 3.85. The number of rotatable bonds is 6. The van der Waals surface area contributed by atoms with Crippen molar-refractivity contribution < 1.29 is 9.53 Å². The van der Waals surface area contributed by atoms with E-state index in [0.29, 0.717) is 28.6 Å². The molecule has 2 rings (SSSR count). The van der Waals surface area contributed by atoms with Crippen LogP contribution < -0.4 is 10.1 Å². The first-order valence-electron chi connectivity index (χ1n) is 7.99. The van der Waals surface area contributed by atoms with Gasteiger partial charge in [-0.3, -0.25) is 4.79 Å². The molecule has 26 heavy (non-hydrogen) atoms. The van der Waals surface area contributed by atoms with Crippen LogP contribution in [0.2, 0.25) is 5.02 Å². The molecule has 0 spiro atoms. The van der Waals surface area contributed by atoms with Crippen molar-refractivity contribution in [2.75, 3.05) is 11.9 Å². The standard InChI is InChI=1S/C21H19ClN2O2/c1-4-10-26-20-9-8-18(22)12-16(20)11-17(13-23)21(25)24-19-7-5-6-14(2)15(19)3/h4-9,11-12H,1,10H2,2-3H3,(H,24,25)/b17-11+. The lowest BCUT2D eigenvalue weighted by Crippen LogP contribution is -2.14. The molecule has 0 atom stereocenters. The summed E-state index contributed by atoms with van der Waals surface area (Å²) in [6, 6.07) is 12.6. The molecule has 5 heteroatoms. The molecule has 1 N–H and O–H groups in total. The number of benzene rings is 2. The number of carbonyl (C=O) groups is 1. The van der Waals surface area contributed by atoms with Crippen molar-refractivity contribution in [2.24, 2.45) is 0 Å². The monoisotopic (exact) mass is 366 g/mol. The second-order valence-electron chi connectivity index (χ2n) is 5.65. The Kier molecular flexibility index (Phi) is 6.60. The Morgan fingerprint density at radius 1 is 1.35 bits per heavy atom. The largest absolute Gasteiger partial charge is 0.489 e. The third-order valence-corrected chi connectivity index (χ3v) is 4.08. The van der Waals surface area contributed by atoms with Gasteiger partial charge >= 0.3 is 0 Å². The van der Waals surface area contributed by atoms with Gasteiger partial charge in [0.2, 0.25) is 0 Å². The van der Waals surface area contributed by atoms with Crippen LogP contribution in [0.4, 0.5) is 5.69 Å². The molecule has 2 aromatic rings. The predicted molar refractivity (Wildman–Crippen MR) is 105 cm³/mol. The Bertz CT molecular complexity index is 911. The molecule has 0 unspecified atom stereocenters. The van der Waals surface area contributed by atoms with Crippen molar-refractivity contribution in [3.8, 4) is 11.8 Å². The number of ether oxygens (including phenoxy) is 1. The highest BCUT2D eigenvalue weighted by molar-refractivity contribution is 6.30. The molecule has 0 bridgehead atoms. The van der Waals surface area contributed by atoms with Gasteiger partial charge in [-0.1, -0.05) is 36.4 Å². The Balaban J connectivity index is 2.34. The number of aryl methyl sites for hydroxylation is 1. The maximum Gasteiger partial charge on any atom is 0.266 e. The summed E-state index contributed by atoms with van der Waals surface area (Å²) in [5.74, 6) is 0.0254. The normalized spacial score (nSPS) is 10.8. The van der Waals surface area contributed by atoms with Gasteiger partial charge < -0.3 is 10.1 Å². The van der Waals surface area contributed by atoms with E-state index >= 15 is 0 Å². The number of hydrogen-bond acceptors (Lipinski definition) is 3. The van der Waals surface area contributed by atoms with Gasteiger partial charge in [0.25, 0.3) is 5.91 Å². The highest BCUT2D eigenvalue weighted by Crippen LogP contribution is 2.26. The van der Waals surface area contributed by atoms with E-state index in [2.05, 4.69) is 11.9 Å². The molecule has 0 aliphatic rings. The van der Waals surface area contributed by atoms with Gasteiger partial charge in [0.1, 0.15) is 24.0 Å². The first-order valence-corrected chi connectivity index (χ1v) is 8.36. The molecule has 1 amide bonds. The fraction of sp³-hybridized carbons (Fsp3) is 0.143. The number of nitriles is 1. The van der Waals surface area contributed by atoms with Gasteiger partial charge in [-0.25, -0.2) is 0 Å². The lowest BCUT2D eigenvalue weighted by Gasteiger charge is -2.11. The fourth-order valence-corrected chi connectivity index (χ4v) is 2.47. The van der Waals surface area contributed by atoms with Gasteiger partial charge in [-0.05, 0) is 55.3 Å². The zero-order chi connectivity index (χ0) is 19.1. The topological polar surface area (TPSA) is 62.1 Å². The average molecular weight is 367 g/mol. The van der Waals surface area contributed by atoms with E-state index in [-0.39, 0.29) is 5.57 Å². The van der Waals surface area contributed by atoms with Crippen LogP contribution in [-0.4, -0.2) is 12.5 Å². The van der Waals surface area contributed by atoms with Gasteiger partial charge in [-0.15, -0.1) is 0 Å². The highest BCUT2D eigenvalue weighted by Gasteiger charge is 2.13. The zero-order valence-electron chi connectivity index (χ0n) is 14.7. The van der Waals surface area contributed by atoms with Gasteiger partial charge in [0.05, 0.1) is 0 Å². The van der Waals surface area contributed by atoms with Crippen molar-refractivity contribution in [2.45, 2.75) is 13.8 Å². The molecule has 0 saturated carbocycles. The van der Waals surface area contributed by atoms with Crippen LogP contribution in [0.15, 0.2) is 54.6 Å². The summed E-state index contributed by atoms with van der Waals surface area (Å²) in [5.41, 5.74) is 3.19. The summed E-state index contributed by atoms with van der Waals surface area (Å²) in [4.78, 5) is 12.5. The SMILES string of the molecule is C=CCOc1ccc(Cl)cc1/C=C(\C#N)C(=O)Nc1cccc(C)c1C. The van der Waals surface area contributed by atoms with E-state index < -0.39 is 5.91 Å². The van der Waals surface area contributed by atoms with Crippen molar-refractivity contribution in [1.29, 1.82) is 5.26 Å². The molecule has 0 fully saturated rings. The lowest BCUT2D eigenvalue weighted by atomic mass is 10.1. The summed E-state index contributed by atoms with van der Waals surface area (Å²) < 4.78 is 5.56. The van der Waals surface area contributed by atoms with Crippen molar-refractivity contribution in [1.82, 2.24) is 0 Å². The maximum atomic E-state index is 12.5. The molecule has 0 aliphatic heterocycles. The van der Waals surface area contributed by atoms with E-state index in [1.54, 1.807) is 30.3 Å². The molecule has 0 heterocycles. The van der Waals surface area contributed by atoms with E-state index in [1.807, 2.05) is 32.0 Å². The van der Waals surface area contributed by atoms with Crippen LogP contribution in [0.5, 0.6) is 5.75 Å². The molecule has 0 aliphatic carbocycles. The fourth-order valence-electron chi connectivity index (χ4n) is 2.29. The minimum atomic E-state index is -0.490. The van der Waals surface area contributed by atoms with Crippen LogP contribution in [0.25, 0.3) is 6.08 Å². The zero-order valence-corrected chi connectivity index (χ0v) is 15.4. The summed E-state index contributed by atoms with van der Waals surface area (Å²) in [6.45, 7) is 7.79. The second-order valence-corrected chi connectivity index (χ2v) is 6.09. The Morgan fingerprint density at radius 2 is 2.12 bits per heavy atom. The Morgan fingerprint density at radius 3 is 2.81 bits per heavy atom. The van der Waals surface area contributed by atoms with Crippen molar-refractivity contribution in [3.05, 3.63) is 76.3 Å². The summed E-state index contributed by atoms with van der Waals surface area (Å²) in [7, 11) is 0. The molecule has 4 nitrogen and oxygen atoms in total. The van der Waals surface area contributed by atoms with Gasteiger partial charge in [0.15, 0.2) is 0 Å². The van der Waals surface area contributed by atoms with Crippen LogP contribution >= 0.6 is 11.6 Å². The van der Waals surface area contributed by atoms with Gasteiger partial charge in [0, 0.05) is 16.3 Å². The molecule has 2 aromatic carbocycles. The number of halogens is 1.